The Kier molecular flexibility index (Phi) is 3.05. The maximum atomic E-state index is 12.3. The Morgan fingerprint density at radius 2 is 2.22 bits per heavy atom. The highest BCUT2D eigenvalue weighted by Crippen LogP contribution is 2.35. The molecule has 4 heterocycles. The highest BCUT2D eigenvalue weighted by atomic mass is 32.1. The molecule has 4 aromatic rings. The molecule has 23 heavy (non-hydrogen) atoms. The number of nitrogens with zero attached hydrogens (tertiary/aromatic N) is 5. The van der Waals surface area contributed by atoms with E-state index < -0.39 is 0 Å². The fourth-order valence-electron chi connectivity index (χ4n) is 2.34. The van der Waals surface area contributed by atoms with Crippen molar-refractivity contribution in [2.45, 2.75) is 6.92 Å². The zero-order chi connectivity index (χ0) is 16.0. The van der Waals surface area contributed by atoms with Gasteiger partial charge in [0.1, 0.15) is 4.83 Å². The van der Waals surface area contributed by atoms with Crippen molar-refractivity contribution >= 4 is 21.6 Å². The molecule has 0 atom stereocenters. The van der Waals surface area contributed by atoms with Gasteiger partial charge in [0.15, 0.2) is 0 Å². The number of aryl methyl sites for hydroxylation is 2. The quantitative estimate of drug-likeness (QED) is 0.562. The van der Waals surface area contributed by atoms with Gasteiger partial charge >= 0.3 is 0 Å². The first-order valence-corrected chi connectivity index (χ1v) is 7.66. The zero-order valence-electron chi connectivity index (χ0n) is 12.3. The van der Waals surface area contributed by atoms with Crippen LogP contribution in [0.5, 0.6) is 0 Å². The molecule has 0 spiro atoms. The minimum absolute atomic E-state index is 0.0815. The van der Waals surface area contributed by atoms with Crippen LogP contribution in [0.3, 0.4) is 0 Å². The lowest BCUT2D eigenvalue weighted by Gasteiger charge is -1.95. The fraction of sp³-hybridized carbons (Fsp3) is 0.133. The van der Waals surface area contributed by atoms with E-state index in [1.54, 1.807) is 19.4 Å². The first kappa shape index (κ1) is 13.8. The SMILES string of the molecule is Cc1c(-c2nc(-c3cccnc3)no2)sc2ncn(C)c(=O)c12. The van der Waals surface area contributed by atoms with Crippen LogP contribution < -0.4 is 5.56 Å². The van der Waals surface area contributed by atoms with Crippen molar-refractivity contribution in [1.29, 1.82) is 0 Å². The molecule has 0 saturated carbocycles. The minimum Gasteiger partial charge on any atom is -0.333 e. The molecule has 0 aromatic carbocycles. The van der Waals surface area contributed by atoms with E-state index in [-0.39, 0.29) is 5.56 Å². The van der Waals surface area contributed by atoms with Crippen LogP contribution >= 0.6 is 11.3 Å². The van der Waals surface area contributed by atoms with E-state index in [1.165, 1.54) is 22.2 Å². The average molecular weight is 325 g/mol. The Hall–Kier alpha value is -2.87. The average Bonchev–Trinajstić information content (AvgIpc) is 3.17. The number of aromatic nitrogens is 5. The van der Waals surface area contributed by atoms with Crippen molar-refractivity contribution in [2.24, 2.45) is 7.05 Å². The first-order chi connectivity index (χ1) is 11.1. The molecule has 0 N–H and O–H groups in total. The van der Waals surface area contributed by atoms with Crippen molar-refractivity contribution < 1.29 is 4.52 Å². The third-order valence-electron chi connectivity index (χ3n) is 3.55. The van der Waals surface area contributed by atoms with E-state index in [0.29, 0.717) is 21.9 Å². The van der Waals surface area contributed by atoms with Crippen molar-refractivity contribution in [3.05, 3.63) is 46.8 Å². The second kappa shape index (κ2) is 5.10. The van der Waals surface area contributed by atoms with Crippen LogP contribution in [0.15, 0.2) is 40.2 Å². The molecule has 114 valence electrons. The van der Waals surface area contributed by atoms with Gasteiger partial charge in [-0.1, -0.05) is 5.16 Å². The fourth-order valence-corrected chi connectivity index (χ4v) is 3.40. The van der Waals surface area contributed by atoms with Crippen molar-refractivity contribution in [2.75, 3.05) is 0 Å². The van der Waals surface area contributed by atoms with Crippen molar-refractivity contribution in [3.8, 4) is 22.2 Å². The monoisotopic (exact) mass is 325 g/mol. The summed E-state index contributed by atoms with van der Waals surface area (Å²) in [5, 5.41) is 4.58. The molecule has 4 rings (SSSR count). The maximum Gasteiger partial charge on any atom is 0.268 e. The smallest absolute Gasteiger partial charge is 0.268 e. The Labute approximate surface area is 134 Å². The summed E-state index contributed by atoms with van der Waals surface area (Å²) in [6.45, 7) is 1.87. The molecule has 0 bridgehead atoms. The van der Waals surface area contributed by atoms with Gasteiger partial charge in [-0.2, -0.15) is 4.98 Å². The van der Waals surface area contributed by atoms with Crippen molar-refractivity contribution in [1.82, 2.24) is 24.7 Å². The van der Waals surface area contributed by atoms with Gasteiger partial charge in [0.05, 0.1) is 16.6 Å². The summed E-state index contributed by atoms with van der Waals surface area (Å²) in [4.78, 5) is 26.5. The number of thiophene rings is 1. The summed E-state index contributed by atoms with van der Waals surface area (Å²) >= 11 is 1.37. The highest BCUT2D eigenvalue weighted by Gasteiger charge is 2.20. The summed E-state index contributed by atoms with van der Waals surface area (Å²) in [6, 6.07) is 3.67. The van der Waals surface area contributed by atoms with E-state index in [9.17, 15) is 4.79 Å². The molecular formula is C15H11N5O2S. The van der Waals surface area contributed by atoms with Crippen LogP contribution in [0.1, 0.15) is 5.56 Å². The predicted molar refractivity (Wildman–Crippen MR) is 86.1 cm³/mol. The minimum atomic E-state index is -0.0815. The number of pyridine rings is 1. The van der Waals surface area contributed by atoms with Crippen LogP contribution in [-0.2, 0) is 7.05 Å². The highest BCUT2D eigenvalue weighted by molar-refractivity contribution is 7.22. The van der Waals surface area contributed by atoms with Gasteiger partial charge in [0.2, 0.25) is 5.82 Å². The van der Waals surface area contributed by atoms with Gasteiger partial charge in [-0.25, -0.2) is 4.98 Å². The van der Waals surface area contributed by atoms with Crippen LogP contribution in [0.4, 0.5) is 0 Å². The standard InChI is InChI=1S/C15H11N5O2S/c1-8-10-14(17-7-20(2)15(10)21)23-11(8)13-18-12(19-22-13)9-4-3-5-16-6-9/h3-7H,1-2H3. The Balaban J connectivity index is 1.88. The molecular weight excluding hydrogens is 314 g/mol. The lowest BCUT2D eigenvalue weighted by molar-refractivity contribution is 0.433. The second-order valence-electron chi connectivity index (χ2n) is 5.06. The lowest BCUT2D eigenvalue weighted by Crippen LogP contribution is -2.16. The Morgan fingerprint density at radius 1 is 1.35 bits per heavy atom. The summed E-state index contributed by atoms with van der Waals surface area (Å²) in [6.07, 6.45) is 4.87. The number of fused-ring (bicyclic) bond motifs is 1. The van der Waals surface area contributed by atoms with E-state index >= 15 is 0 Å². The molecule has 0 radical (unpaired) electrons. The number of hydrogen-bond acceptors (Lipinski definition) is 7. The van der Waals surface area contributed by atoms with Crippen LogP contribution in [0.2, 0.25) is 0 Å². The molecule has 0 aliphatic carbocycles. The van der Waals surface area contributed by atoms with E-state index in [2.05, 4.69) is 20.1 Å². The van der Waals surface area contributed by atoms with E-state index in [0.717, 1.165) is 16.0 Å². The molecule has 0 unspecified atom stereocenters. The van der Waals surface area contributed by atoms with Gasteiger partial charge in [-0.05, 0) is 24.6 Å². The third-order valence-corrected chi connectivity index (χ3v) is 4.74. The van der Waals surface area contributed by atoms with Crippen LogP contribution in [-0.4, -0.2) is 24.7 Å². The summed E-state index contributed by atoms with van der Waals surface area (Å²) < 4.78 is 6.83. The molecule has 8 heteroatoms. The molecule has 4 aromatic heterocycles. The summed E-state index contributed by atoms with van der Waals surface area (Å²) in [5.74, 6) is 0.845. The Bertz CT molecular complexity index is 1060. The summed E-state index contributed by atoms with van der Waals surface area (Å²) in [7, 11) is 1.68. The van der Waals surface area contributed by atoms with E-state index in [1.807, 2.05) is 19.1 Å². The van der Waals surface area contributed by atoms with Gasteiger partial charge in [-0.3, -0.25) is 9.78 Å². The molecule has 0 amide bonds. The van der Waals surface area contributed by atoms with Crippen LogP contribution in [0, 0.1) is 6.92 Å². The zero-order valence-corrected chi connectivity index (χ0v) is 13.2. The predicted octanol–water partition coefficient (Wildman–Crippen LogP) is 2.42. The van der Waals surface area contributed by atoms with Crippen LogP contribution in [0.25, 0.3) is 32.4 Å². The molecule has 0 aliphatic rings. The van der Waals surface area contributed by atoms with Gasteiger partial charge in [0, 0.05) is 25.0 Å². The second-order valence-corrected chi connectivity index (χ2v) is 6.06. The number of rotatable bonds is 2. The first-order valence-electron chi connectivity index (χ1n) is 6.84. The normalized spacial score (nSPS) is 11.2. The maximum absolute atomic E-state index is 12.3. The van der Waals surface area contributed by atoms with E-state index in [4.69, 9.17) is 4.52 Å². The molecule has 0 saturated heterocycles. The van der Waals surface area contributed by atoms with Gasteiger partial charge < -0.3 is 9.09 Å². The Morgan fingerprint density at radius 3 is 3.00 bits per heavy atom. The molecule has 7 nitrogen and oxygen atoms in total. The van der Waals surface area contributed by atoms with Crippen molar-refractivity contribution in [3.63, 3.8) is 0 Å². The third kappa shape index (κ3) is 2.15. The topological polar surface area (TPSA) is 86.7 Å². The molecule has 0 fully saturated rings. The van der Waals surface area contributed by atoms with Gasteiger partial charge in [0.25, 0.3) is 11.4 Å². The summed E-state index contributed by atoms with van der Waals surface area (Å²) in [5.41, 5.74) is 1.50. The number of hydrogen-bond donors (Lipinski definition) is 0. The largest absolute Gasteiger partial charge is 0.333 e. The van der Waals surface area contributed by atoms with Gasteiger partial charge in [-0.15, -0.1) is 11.3 Å². The molecule has 0 aliphatic heterocycles. The lowest BCUT2D eigenvalue weighted by atomic mass is 10.2.